The Kier molecular flexibility index (Phi) is 18.2. The number of esters is 1. The Morgan fingerprint density at radius 3 is 1.71 bits per heavy atom. The quantitative estimate of drug-likeness (QED) is 0.294. The first-order valence-corrected chi connectivity index (χ1v) is 10.3. The second kappa shape index (κ2) is 18.7. The van der Waals surface area contributed by atoms with E-state index >= 15 is 0 Å². The van der Waals surface area contributed by atoms with Crippen LogP contribution < -0.4 is 5.73 Å². The summed E-state index contributed by atoms with van der Waals surface area (Å²) < 4.78 is 5.13. The molecular weight excluding hydrogens is 300 g/mol. The Balaban J connectivity index is 3.93. The molecule has 0 heterocycles. The van der Waals surface area contributed by atoms with E-state index in [4.69, 9.17) is 10.5 Å². The van der Waals surface area contributed by atoms with Crippen molar-refractivity contribution < 1.29 is 9.53 Å². The molecule has 0 atom stereocenters. The van der Waals surface area contributed by atoms with Gasteiger partial charge in [-0.25, -0.2) is 0 Å². The van der Waals surface area contributed by atoms with E-state index in [9.17, 15) is 4.79 Å². The third kappa shape index (κ3) is 16.3. The molecule has 0 saturated heterocycles. The molecule has 0 aliphatic carbocycles. The van der Waals surface area contributed by atoms with E-state index in [1.54, 1.807) is 0 Å². The fourth-order valence-corrected chi connectivity index (χ4v) is 2.90. The Labute approximate surface area is 150 Å². The van der Waals surface area contributed by atoms with Crippen LogP contribution in [0.25, 0.3) is 0 Å². The molecule has 0 rings (SSSR count). The van der Waals surface area contributed by atoms with Crippen LogP contribution in [0.3, 0.4) is 0 Å². The molecule has 0 amide bonds. The molecule has 0 fully saturated rings. The number of rotatable bonds is 18. The van der Waals surface area contributed by atoms with Crippen LogP contribution in [-0.4, -0.2) is 43.7 Å². The predicted octanol–water partition coefficient (Wildman–Crippen LogP) is 4.51. The zero-order valence-corrected chi connectivity index (χ0v) is 16.4. The van der Waals surface area contributed by atoms with Crippen molar-refractivity contribution in [3.63, 3.8) is 0 Å². The number of hydrogen-bond donors (Lipinski definition) is 1. The van der Waals surface area contributed by atoms with Crippen LogP contribution in [0.2, 0.25) is 0 Å². The molecule has 0 aromatic heterocycles. The lowest BCUT2D eigenvalue weighted by Gasteiger charge is -2.21. The van der Waals surface area contributed by atoms with Crippen LogP contribution in [0.5, 0.6) is 0 Å². The molecule has 0 unspecified atom stereocenters. The number of nitrogens with zero attached hydrogens (tertiary/aromatic N) is 1. The molecule has 144 valence electrons. The number of hydrogen-bond acceptors (Lipinski definition) is 4. The Morgan fingerprint density at radius 1 is 0.792 bits per heavy atom. The molecular formula is C20H42N2O2. The minimum absolute atomic E-state index is 0.127. The fraction of sp³-hybridized carbons (Fsp3) is 0.950. The van der Waals surface area contributed by atoms with Gasteiger partial charge in [0.25, 0.3) is 0 Å². The van der Waals surface area contributed by atoms with Gasteiger partial charge in [-0.15, -0.1) is 0 Å². The van der Waals surface area contributed by atoms with Gasteiger partial charge in [0.1, 0.15) is 6.61 Å². The van der Waals surface area contributed by atoms with Gasteiger partial charge in [-0.2, -0.15) is 0 Å². The topological polar surface area (TPSA) is 55.6 Å². The average Bonchev–Trinajstić information content (AvgIpc) is 2.58. The normalized spacial score (nSPS) is 11.2. The lowest BCUT2D eigenvalue weighted by Crippen LogP contribution is -2.33. The summed E-state index contributed by atoms with van der Waals surface area (Å²) in [7, 11) is 0. The number of unbranched alkanes of at least 4 members (excludes halogenated alkanes) is 10. The van der Waals surface area contributed by atoms with Gasteiger partial charge in [-0.1, -0.05) is 78.1 Å². The van der Waals surface area contributed by atoms with Gasteiger partial charge in [-0.05, 0) is 25.9 Å². The fourth-order valence-electron chi connectivity index (χ4n) is 2.90. The van der Waals surface area contributed by atoms with Crippen LogP contribution in [0, 0.1) is 0 Å². The van der Waals surface area contributed by atoms with Crippen molar-refractivity contribution >= 4 is 5.97 Å². The summed E-state index contributed by atoms with van der Waals surface area (Å²) in [6.45, 7) is 7.67. The second-order valence-corrected chi connectivity index (χ2v) is 6.82. The maximum Gasteiger partial charge on any atom is 0.320 e. The van der Waals surface area contributed by atoms with Crippen molar-refractivity contribution in [1.82, 2.24) is 4.90 Å². The monoisotopic (exact) mass is 342 g/mol. The van der Waals surface area contributed by atoms with E-state index in [1.165, 1.54) is 77.0 Å². The molecule has 0 aliphatic heterocycles. The highest BCUT2D eigenvalue weighted by Crippen LogP contribution is 2.09. The summed E-state index contributed by atoms with van der Waals surface area (Å²) >= 11 is 0. The van der Waals surface area contributed by atoms with E-state index < -0.39 is 0 Å². The van der Waals surface area contributed by atoms with Crippen LogP contribution in [0.15, 0.2) is 0 Å². The van der Waals surface area contributed by atoms with E-state index in [2.05, 4.69) is 18.7 Å². The third-order valence-corrected chi connectivity index (χ3v) is 4.39. The number of nitrogens with two attached hydrogens (primary N) is 1. The van der Waals surface area contributed by atoms with Crippen molar-refractivity contribution in [2.24, 2.45) is 5.73 Å². The van der Waals surface area contributed by atoms with Crippen LogP contribution in [-0.2, 0) is 9.53 Å². The van der Waals surface area contributed by atoms with Crippen molar-refractivity contribution in [2.75, 3.05) is 32.8 Å². The molecule has 0 aliphatic rings. The van der Waals surface area contributed by atoms with Crippen molar-refractivity contribution in [1.29, 1.82) is 0 Å². The van der Waals surface area contributed by atoms with Gasteiger partial charge in [-0.3, -0.25) is 9.69 Å². The predicted molar refractivity (Wildman–Crippen MR) is 103 cm³/mol. The molecule has 0 aromatic carbocycles. The molecule has 0 radical (unpaired) electrons. The molecule has 4 heteroatoms. The first-order chi connectivity index (χ1) is 11.7. The van der Waals surface area contributed by atoms with Crippen LogP contribution in [0.4, 0.5) is 0 Å². The first kappa shape index (κ1) is 23.4. The van der Waals surface area contributed by atoms with Gasteiger partial charge in [0.2, 0.25) is 0 Å². The maximum atomic E-state index is 11.8. The second-order valence-electron chi connectivity index (χ2n) is 6.82. The summed E-state index contributed by atoms with van der Waals surface area (Å²) in [5.74, 6) is -0.127. The number of carbonyl (C=O) groups is 1. The van der Waals surface area contributed by atoms with Gasteiger partial charge < -0.3 is 10.5 Å². The molecule has 24 heavy (non-hydrogen) atoms. The van der Waals surface area contributed by atoms with E-state index in [1.807, 2.05) is 0 Å². The van der Waals surface area contributed by atoms with Crippen LogP contribution >= 0.6 is 0 Å². The smallest absolute Gasteiger partial charge is 0.320 e. The SMILES string of the molecule is CCCCCCCCN(CCCCCCCC)CC(=O)OCCN. The Morgan fingerprint density at radius 2 is 1.25 bits per heavy atom. The van der Waals surface area contributed by atoms with Gasteiger partial charge in [0.15, 0.2) is 0 Å². The largest absolute Gasteiger partial charge is 0.463 e. The molecule has 0 bridgehead atoms. The van der Waals surface area contributed by atoms with Gasteiger partial charge >= 0.3 is 5.97 Å². The highest BCUT2D eigenvalue weighted by Gasteiger charge is 2.11. The van der Waals surface area contributed by atoms with E-state index in [-0.39, 0.29) is 5.97 Å². The number of ether oxygens (including phenoxy) is 1. The summed E-state index contributed by atoms with van der Waals surface area (Å²) in [5.41, 5.74) is 5.39. The molecule has 4 nitrogen and oxygen atoms in total. The highest BCUT2D eigenvalue weighted by atomic mass is 16.5. The summed E-state index contributed by atoms with van der Waals surface area (Å²) in [6.07, 6.45) is 15.5. The molecule has 0 spiro atoms. The standard InChI is InChI=1S/C20H42N2O2/c1-3-5-7-9-11-13-16-22(19-20(23)24-18-15-21)17-14-12-10-8-6-4-2/h3-19,21H2,1-2H3. The highest BCUT2D eigenvalue weighted by molar-refractivity contribution is 5.71. The zero-order valence-electron chi connectivity index (χ0n) is 16.4. The van der Waals surface area contributed by atoms with Gasteiger partial charge in [0.05, 0.1) is 6.54 Å². The molecule has 0 saturated carbocycles. The minimum atomic E-state index is -0.127. The van der Waals surface area contributed by atoms with E-state index in [0.29, 0.717) is 19.7 Å². The van der Waals surface area contributed by atoms with Crippen molar-refractivity contribution in [3.8, 4) is 0 Å². The Bertz CT molecular complexity index is 256. The van der Waals surface area contributed by atoms with Crippen molar-refractivity contribution in [3.05, 3.63) is 0 Å². The minimum Gasteiger partial charge on any atom is -0.463 e. The third-order valence-electron chi connectivity index (χ3n) is 4.39. The lowest BCUT2D eigenvalue weighted by atomic mass is 10.1. The molecule has 2 N–H and O–H groups in total. The summed E-state index contributed by atoms with van der Waals surface area (Å²) in [5, 5.41) is 0. The van der Waals surface area contributed by atoms with Crippen LogP contribution in [0.1, 0.15) is 90.9 Å². The maximum absolute atomic E-state index is 11.8. The molecule has 0 aromatic rings. The van der Waals surface area contributed by atoms with Crippen molar-refractivity contribution in [2.45, 2.75) is 90.9 Å². The summed E-state index contributed by atoms with van der Waals surface area (Å²) in [6, 6.07) is 0. The zero-order chi connectivity index (χ0) is 17.9. The number of carbonyl (C=O) groups excluding carboxylic acids is 1. The van der Waals surface area contributed by atoms with E-state index in [0.717, 1.165) is 13.1 Å². The summed E-state index contributed by atoms with van der Waals surface area (Å²) in [4.78, 5) is 14.1. The first-order valence-electron chi connectivity index (χ1n) is 10.3. The Hall–Kier alpha value is -0.610. The van der Waals surface area contributed by atoms with Gasteiger partial charge in [0, 0.05) is 6.54 Å². The average molecular weight is 343 g/mol. The lowest BCUT2D eigenvalue weighted by molar-refractivity contribution is -0.144.